The number of carbonyl (C=O) groups is 1. The summed E-state index contributed by atoms with van der Waals surface area (Å²) in [6.07, 6.45) is -8.97. The van der Waals surface area contributed by atoms with Gasteiger partial charge in [0.05, 0.1) is 22.2 Å². The maximum atomic E-state index is 15.3. The lowest BCUT2D eigenvalue weighted by molar-refractivity contribution is -0.140. The van der Waals surface area contributed by atoms with Gasteiger partial charge in [-0.05, 0) is 52.8 Å². The molecule has 0 saturated carbocycles. The highest BCUT2D eigenvalue weighted by Crippen LogP contribution is 2.37. The van der Waals surface area contributed by atoms with Crippen LogP contribution in [0.15, 0.2) is 60.8 Å². The quantitative estimate of drug-likeness (QED) is 0.227. The van der Waals surface area contributed by atoms with E-state index in [2.05, 4.69) is 4.98 Å². The molecule has 4 aromatic rings. The first kappa shape index (κ1) is 30.1. The highest BCUT2D eigenvalue weighted by molar-refractivity contribution is 6.06. The maximum Gasteiger partial charge on any atom is 0.419 e. The van der Waals surface area contributed by atoms with E-state index in [1.807, 2.05) is 32.9 Å². The molecule has 3 aromatic carbocycles. The Kier molecular flexibility index (Phi) is 7.95. The SMILES string of the molecule is CC(C)(C)c1ccc(CN(CCc2ccc(F)c(C(F)(F)F)c2)C(=O)c2c(F)c(C(F)(F)F)cc3cc[nH]c23)cc1. The molecule has 11 heteroatoms. The Bertz CT molecular complexity index is 1560. The van der Waals surface area contributed by atoms with Crippen molar-refractivity contribution in [2.45, 2.75) is 51.5 Å². The zero-order chi connectivity index (χ0) is 30.3. The Morgan fingerprint density at radius 3 is 2.00 bits per heavy atom. The number of amides is 1. The number of hydrogen-bond acceptors (Lipinski definition) is 1. The summed E-state index contributed by atoms with van der Waals surface area (Å²) in [6.45, 7) is 5.52. The first-order chi connectivity index (χ1) is 19.0. The average molecular weight is 583 g/mol. The summed E-state index contributed by atoms with van der Waals surface area (Å²) >= 11 is 0. The van der Waals surface area contributed by atoms with Gasteiger partial charge in [-0.3, -0.25) is 4.79 Å². The van der Waals surface area contributed by atoms with Crippen LogP contribution in [0.2, 0.25) is 0 Å². The van der Waals surface area contributed by atoms with Gasteiger partial charge in [0.15, 0.2) is 0 Å². The zero-order valence-corrected chi connectivity index (χ0v) is 22.3. The number of nitrogens with zero attached hydrogens (tertiary/aromatic N) is 1. The van der Waals surface area contributed by atoms with Gasteiger partial charge in [0.1, 0.15) is 11.6 Å². The third-order valence-electron chi connectivity index (χ3n) is 6.79. The largest absolute Gasteiger partial charge is 0.419 e. The van der Waals surface area contributed by atoms with Gasteiger partial charge in [-0.15, -0.1) is 0 Å². The number of fused-ring (bicyclic) bond motifs is 1. The number of benzene rings is 3. The van der Waals surface area contributed by atoms with Crippen molar-refractivity contribution in [1.82, 2.24) is 9.88 Å². The van der Waals surface area contributed by atoms with E-state index in [-0.39, 0.29) is 41.4 Å². The van der Waals surface area contributed by atoms with E-state index in [1.165, 1.54) is 12.3 Å². The number of aromatic amines is 1. The van der Waals surface area contributed by atoms with Crippen molar-refractivity contribution in [2.24, 2.45) is 0 Å². The van der Waals surface area contributed by atoms with Crippen LogP contribution in [0.5, 0.6) is 0 Å². The maximum absolute atomic E-state index is 15.3. The van der Waals surface area contributed by atoms with Gasteiger partial charge in [-0.2, -0.15) is 26.3 Å². The minimum Gasteiger partial charge on any atom is -0.360 e. The first-order valence-corrected chi connectivity index (χ1v) is 12.6. The summed E-state index contributed by atoms with van der Waals surface area (Å²) in [5, 5.41) is -0.0371. The predicted octanol–water partition coefficient (Wildman–Crippen LogP) is 8.67. The summed E-state index contributed by atoms with van der Waals surface area (Å²) < 4.78 is 110. The van der Waals surface area contributed by atoms with E-state index in [1.54, 1.807) is 12.1 Å². The summed E-state index contributed by atoms with van der Waals surface area (Å²) in [7, 11) is 0. The number of alkyl halides is 6. The molecule has 0 radical (unpaired) electrons. The number of rotatable bonds is 6. The van der Waals surface area contributed by atoms with Crippen molar-refractivity contribution >= 4 is 16.8 Å². The summed E-state index contributed by atoms with van der Waals surface area (Å²) in [5.74, 6) is -4.31. The number of nitrogens with one attached hydrogen (secondary N) is 1. The number of H-pyrrole nitrogens is 1. The van der Waals surface area contributed by atoms with Gasteiger partial charge < -0.3 is 9.88 Å². The second kappa shape index (κ2) is 10.8. The molecule has 0 aliphatic heterocycles. The Labute approximate surface area is 230 Å². The average Bonchev–Trinajstić information content (AvgIpc) is 3.33. The van der Waals surface area contributed by atoms with Crippen LogP contribution >= 0.6 is 0 Å². The lowest BCUT2D eigenvalue weighted by Gasteiger charge is -2.25. The third-order valence-corrected chi connectivity index (χ3v) is 6.79. The Balaban J connectivity index is 1.75. The first-order valence-electron chi connectivity index (χ1n) is 12.6. The van der Waals surface area contributed by atoms with E-state index >= 15 is 4.39 Å². The van der Waals surface area contributed by atoms with Crippen LogP contribution in [-0.4, -0.2) is 22.3 Å². The fourth-order valence-corrected chi connectivity index (χ4v) is 4.54. The molecule has 1 heterocycles. The molecular formula is C30H26F8N2O. The van der Waals surface area contributed by atoms with E-state index in [0.717, 1.165) is 16.5 Å². The Hall–Kier alpha value is -3.89. The fraction of sp³-hybridized carbons (Fsp3) is 0.300. The minimum atomic E-state index is -5.08. The lowest BCUT2D eigenvalue weighted by Crippen LogP contribution is -2.34. The minimum absolute atomic E-state index is 0.0362. The van der Waals surface area contributed by atoms with Crippen LogP contribution in [0.25, 0.3) is 10.9 Å². The second-order valence-electron chi connectivity index (χ2n) is 10.8. The number of carbonyl (C=O) groups excluding carboxylic acids is 1. The van der Waals surface area contributed by atoms with Gasteiger partial charge in [0.25, 0.3) is 5.91 Å². The van der Waals surface area contributed by atoms with Crippen LogP contribution in [-0.2, 0) is 30.7 Å². The molecule has 0 fully saturated rings. The molecule has 0 bridgehead atoms. The molecule has 1 N–H and O–H groups in total. The molecule has 3 nitrogen and oxygen atoms in total. The molecule has 41 heavy (non-hydrogen) atoms. The highest BCUT2D eigenvalue weighted by Gasteiger charge is 2.38. The van der Waals surface area contributed by atoms with Crippen LogP contribution in [0, 0.1) is 11.6 Å². The number of hydrogen-bond donors (Lipinski definition) is 1. The fourth-order valence-electron chi connectivity index (χ4n) is 4.54. The Morgan fingerprint density at radius 1 is 0.805 bits per heavy atom. The molecule has 0 saturated heterocycles. The molecule has 0 aliphatic carbocycles. The molecule has 0 aliphatic rings. The lowest BCUT2D eigenvalue weighted by atomic mass is 9.87. The molecule has 0 spiro atoms. The van der Waals surface area contributed by atoms with E-state index in [9.17, 15) is 35.5 Å². The number of aromatic nitrogens is 1. The zero-order valence-electron chi connectivity index (χ0n) is 22.3. The molecule has 1 aromatic heterocycles. The predicted molar refractivity (Wildman–Crippen MR) is 138 cm³/mol. The Morgan fingerprint density at radius 2 is 1.41 bits per heavy atom. The van der Waals surface area contributed by atoms with Crippen LogP contribution in [0.4, 0.5) is 35.1 Å². The second-order valence-corrected chi connectivity index (χ2v) is 10.8. The van der Waals surface area contributed by atoms with Gasteiger partial charge >= 0.3 is 12.4 Å². The van der Waals surface area contributed by atoms with E-state index in [4.69, 9.17) is 0 Å². The van der Waals surface area contributed by atoms with E-state index < -0.39 is 46.6 Å². The van der Waals surface area contributed by atoms with Gasteiger partial charge in [0, 0.05) is 24.7 Å². The van der Waals surface area contributed by atoms with Gasteiger partial charge in [-0.25, -0.2) is 8.78 Å². The van der Waals surface area contributed by atoms with Crippen molar-refractivity contribution in [3.63, 3.8) is 0 Å². The normalized spacial score (nSPS) is 12.7. The van der Waals surface area contributed by atoms with Gasteiger partial charge in [-0.1, -0.05) is 51.1 Å². The van der Waals surface area contributed by atoms with Crippen molar-refractivity contribution in [1.29, 1.82) is 0 Å². The summed E-state index contributed by atoms with van der Waals surface area (Å²) in [6, 6.07) is 11.3. The van der Waals surface area contributed by atoms with Crippen LogP contribution in [0.1, 0.15) is 58.9 Å². The third kappa shape index (κ3) is 6.55. The van der Waals surface area contributed by atoms with Crippen molar-refractivity contribution in [3.05, 3.63) is 106 Å². The smallest absolute Gasteiger partial charge is 0.360 e. The van der Waals surface area contributed by atoms with E-state index in [0.29, 0.717) is 23.8 Å². The molecule has 4 rings (SSSR count). The van der Waals surface area contributed by atoms with Crippen molar-refractivity contribution in [2.75, 3.05) is 6.54 Å². The van der Waals surface area contributed by atoms with Crippen molar-refractivity contribution < 1.29 is 39.9 Å². The molecular weight excluding hydrogens is 556 g/mol. The summed E-state index contributed by atoms with van der Waals surface area (Å²) in [5.41, 5.74) is -2.69. The molecule has 1 amide bonds. The standard InChI is InChI=1S/C30H26F8N2O/c1-28(2,3)20-7-4-18(5-8-20)16-40(13-11-17-6-9-23(31)21(14-17)29(33,34)35)27(41)24-25(32)22(30(36,37)38)15-19-10-12-39-26(19)24/h4-10,12,14-15,39H,11,13,16H2,1-3H3. The number of halogens is 8. The van der Waals surface area contributed by atoms with Gasteiger partial charge in [0.2, 0.25) is 0 Å². The topological polar surface area (TPSA) is 36.1 Å². The monoisotopic (exact) mass is 582 g/mol. The summed E-state index contributed by atoms with van der Waals surface area (Å²) in [4.78, 5) is 17.4. The van der Waals surface area contributed by atoms with Crippen molar-refractivity contribution in [3.8, 4) is 0 Å². The molecule has 218 valence electrons. The molecule has 0 unspecified atom stereocenters. The van der Waals surface area contributed by atoms with Crippen LogP contribution < -0.4 is 0 Å². The highest BCUT2D eigenvalue weighted by atomic mass is 19.4. The molecule has 0 atom stereocenters. The van der Waals surface area contributed by atoms with Crippen LogP contribution in [0.3, 0.4) is 0 Å².